The predicted molar refractivity (Wildman–Crippen MR) is 94.8 cm³/mol. The fraction of sp³-hybridized carbons (Fsp3) is 0.529. The Labute approximate surface area is 142 Å². The van der Waals surface area contributed by atoms with E-state index in [0.717, 1.165) is 30.8 Å². The van der Waals surface area contributed by atoms with Crippen molar-refractivity contribution in [2.75, 3.05) is 31.6 Å². The minimum atomic E-state index is -0.124. The molecule has 1 fully saturated rings. The van der Waals surface area contributed by atoms with Crippen molar-refractivity contribution in [2.24, 2.45) is 5.92 Å². The van der Waals surface area contributed by atoms with Crippen molar-refractivity contribution in [2.45, 2.75) is 26.7 Å². The molecule has 23 heavy (non-hydrogen) atoms. The van der Waals surface area contributed by atoms with Gasteiger partial charge in [0.25, 0.3) is 0 Å². The molecule has 5 nitrogen and oxygen atoms in total. The van der Waals surface area contributed by atoms with Crippen LogP contribution in [0.5, 0.6) is 5.75 Å². The van der Waals surface area contributed by atoms with Crippen molar-refractivity contribution < 1.29 is 14.3 Å². The molecule has 1 aliphatic heterocycles. The molecule has 0 spiro atoms. The number of nitrogens with zero attached hydrogens (tertiary/aromatic N) is 1. The molecule has 126 valence electrons. The number of likely N-dealkylation sites (tertiary alicyclic amines) is 1. The second-order valence-corrected chi connectivity index (χ2v) is 5.81. The van der Waals surface area contributed by atoms with Gasteiger partial charge in [-0.15, -0.1) is 0 Å². The van der Waals surface area contributed by atoms with Gasteiger partial charge in [-0.05, 0) is 63.2 Å². The van der Waals surface area contributed by atoms with Crippen LogP contribution in [-0.2, 0) is 9.53 Å². The average Bonchev–Trinajstić information content (AvgIpc) is 2.57. The van der Waals surface area contributed by atoms with Crippen LogP contribution in [0.4, 0.5) is 5.69 Å². The van der Waals surface area contributed by atoms with Gasteiger partial charge < -0.3 is 19.7 Å². The third kappa shape index (κ3) is 5.10. The van der Waals surface area contributed by atoms with Crippen LogP contribution in [0.15, 0.2) is 24.3 Å². The predicted octanol–water partition coefficient (Wildman–Crippen LogP) is 3.06. The molecule has 0 radical (unpaired) electrons. The molecule has 0 aromatic heterocycles. The average molecular weight is 336 g/mol. The number of rotatable bonds is 5. The van der Waals surface area contributed by atoms with Crippen LogP contribution in [0.25, 0.3) is 0 Å². The summed E-state index contributed by atoms with van der Waals surface area (Å²) in [6.45, 7) is 6.33. The van der Waals surface area contributed by atoms with Gasteiger partial charge in [0.05, 0.1) is 19.1 Å². The van der Waals surface area contributed by atoms with Crippen molar-refractivity contribution in [1.29, 1.82) is 0 Å². The minimum absolute atomic E-state index is 0.0937. The Bertz CT molecular complexity index is 533. The molecule has 0 amide bonds. The molecule has 1 N–H and O–H groups in total. The lowest BCUT2D eigenvalue weighted by Gasteiger charge is -2.33. The van der Waals surface area contributed by atoms with Gasteiger partial charge in [0.1, 0.15) is 5.75 Å². The first-order valence-corrected chi connectivity index (χ1v) is 8.50. The Morgan fingerprint density at radius 1 is 1.30 bits per heavy atom. The monoisotopic (exact) mass is 336 g/mol. The van der Waals surface area contributed by atoms with E-state index in [2.05, 4.69) is 5.32 Å². The van der Waals surface area contributed by atoms with E-state index in [1.54, 1.807) is 0 Å². The van der Waals surface area contributed by atoms with Gasteiger partial charge in [-0.1, -0.05) is 0 Å². The number of carbonyl (C=O) groups is 1. The zero-order chi connectivity index (χ0) is 16.7. The molecule has 0 aliphatic carbocycles. The molecular formula is C17H24N2O3S. The second-order valence-electron chi connectivity index (χ2n) is 5.42. The number of esters is 1. The zero-order valence-corrected chi connectivity index (χ0v) is 14.5. The van der Waals surface area contributed by atoms with Gasteiger partial charge in [-0.25, -0.2) is 0 Å². The van der Waals surface area contributed by atoms with Crippen molar-refractivity contribution in [3.63, 3.8) is 0 Å². The number of anilines is 1. The number of hydrogen-bond acceptors (Lipinski definition) is 4. The molecule has 1 unspecified atom stereocenters. The molecule has 1 aliphatic rings. The van der Waals surface area contributed by atoms with Gasteiger partial charge >= 0.3 is 5.97 Å². The number of piperidine rings is 1. The Balaban J connectivity index is 1.90. The van der Waals surface area contributed by atoms with Gasteiger partial charge in [-0.2, -0.15) is 0 Å². The number of nitrogens with one attached hydrogen (secondary N) is 1. The lowest BCUT2D eigenvalue weighted by atomic mass is 9.98. The Morgan fingerprint density at radius 2 is 2.04 bits per heavy atom. The highest BCUT2D eigenvalue weighted by Gasteiger charge is 2.28. The summed E-state index contributed by atoms with van der Waals surface area (Å²) in [5, 5.41) is 3.86. The summed E-state index contributed by atoms with van der Waals surface area (Å²) in [5.41, 5.74) is 0.914. The SMILES string of the molecule is CCOC(=O)C1CCCN(C(=S)Nc2ccc(OCC)cc2)C1. The van der Waals surface area contributed by atoms with Crippen molar-refractivity contribution in [1.82, 2.24) is 4.90 Å². The zero-order valence-electron chi connectivity index (χ0n) is 13.7. The van der Waals surface area contributed by atoms with E-state index in [4.69, 9.17) is 21.7 Å². The number of ether oxygens (including phenoxy) is 2. The van der Waals surface area contributed by atoms with Crippen LogP contribution in [0.2, 0.25) is 0 Å². The summed E-state index contributed by atoms with van der Waals surface area (Å²) in [7, 11) is 0. The molecular weight excluding hydrogens is 312 g/mol. The summed E-state index contributed by atoms with van der Waals surface area (Å²) in [6.07, 6.45) is 1.80. The summed E-state index contributed by atoms with van der Waals surface area (Å²) in [6, 6.07) is 7.69. The molecule has 1 saturated heterocycles. The molecule has 1 aromatic carbocycles. The lowest BCUT2D eigenvalue weighted by molar-refractivity contribution is -0.149. The number of carbonyl (C=O) groups excluding carboxylic acids is 1. The molecule has 1 atom stereocenters. The molecule has 0 bridgehead atoms. The van der Waals surface area contributed by atoms with E-state index in [-0.39, 0.29) is 11.9 Å². The van der Waals surface area contributed by atoms with Gasteiger partial charge in [0.15, 0.2) is 5.11 Å². The maximum absolute atomic E-state index is 11.9. The van der Waals surface area contributed by atoms with Crippen LogP contribution in [-0.4, -0.2) is 42.3 Å². The van der Waals surface area contributed by atoms with Gasteiger partial charge in [0.2, 0.25) is 0 Å². The lowest BCUT2D eigenvalue weighted by Crippen LogP contribution is -2.44. The van der Waals surface area contributed by atoms with Crippen LogP contribution in [0, 0.1) is 5.92 Å². The first-order chi connectivity index (χ1) is 11.1. The Kier molecular flexibility index (Phi) is 6.65. The Hall–Kier alpha value is -1.82. The second kappa shape index (κ2) is 8.72. The van der Waals surface area contributed by atoms with Crippen LogP contribution >= 0.6 is 12.2 Å². The quantitative estimate of drug-likeness (QED) is 0.659. The topological polar surface area (TPSA) is 50.8 Å². The van der Waals surface area contributed by atoms with Crippen LogP contribution < -0.4 is 10.1 Å². The number of thiocarbonyl (C=S) groups is 1. The molecule has 0 saturated carbocycles. The van der Waals surface area contributed by atoms with Crippen molar-refractivity contribution >= 4 is 29.0 Å². The maximum Gasteiger partial charge on any atom is 0.310 e. The summed E-state index contributed by atoms with van der Waals surface area (Å²) in [5.74, 6) is 0.620. The summed E-state index contributed by atoms with van der Waals surface area (Å²) in [4.78, 5) is 13.9. The number of benzene rings is 1. The smallest absolute Gasteiger partial charge is 0.310 e. The maximum atomic E-state index is 11.9. The summed E-state index contributed by atoms with van der Waals surface area (Å²) >= 11 is 5.48. The first-order valence-electron chi connectivity index (χ1n) is 8.09. The highest BCUT2D eigenvalue weighted by Crippen LogP contribution is 2.20. The number of hydrogen-bond donors (Lipinski definition) is 1. The standard InChI is InChI=1S/C17H24N2O3S/c1-3-21-15-9-7-14(8-10-15)18-17(23)19-11-5-6-13(12-19)16(20)22-4-2/h7-10,13H,3-6,11-12H2,1-2H3,(H,18,23). The van der Waals surface area contributed by atoms with E-state index in [1.807, 2.05) is 43.0 Å². The molecule has 1 aromatic rings. The van der Waals surface area contributed by atoms with E-state index in [1.165, 1.54) is 0 Å². The minimum Gasteiger partial charge on any atom is -0.494 e. The largest absolute Gasteiger partial charge is 0.494 e. The van der Waals surface area contributed by atoms with E-state index >= 15 is 0 Å². The normalized spacial score (nSPS) is 17.5. The fourth-order valence-corrected chi connectivity index (χ4v) is 2.90. The third-order valence-electron chi connectivity index (χ3n) is 3.75. The Morgan fingerprint density at radius 3 is 2.70 bits per heavy atom. The van der Waals surface area contributed by atoms with Crippen LogP contribution in [0.1, 0.15) is 26.7 Å². The molecule has 2 rings (SSSR count). The van der Waals surface area contributed by atoms with Gasteiger partial charge in [0, 0.05) is 18.8 Å². The van der Waals surface area contributed by atoms with E-state index in [9.17, 15) is 4.79 Å². The van der Waals surface area contributed by atoms with Crippen molar-refractivity contribution in [3.05, 3.63) is 24.3 Å². The van der Waals surface area contributed by atoms with Crippen molar-refractivity contribution in [3.8, 4) is 5.75 Å². The van der Waals surface area contributed by atoms with Crippen LogP contribution in [0.3, 0.4) is 0 Å². The highest BCUT2D eigenvalue weighted by atomic mass is 32.1. The third-order valence-corrected chi connectivity index (χ3v) is 4.11. The fourth-order valence-electron chi connectivity index (χ4n) is 2.62. The highest BCUT2D eigenvalue weighted by molar-refractivity contribution is 7.80. The van der Waals surface area contributed by atoms with Gasteiger partial charge in [-0.3, -0.25) is 4.79 Å². The molecule has 1 heterocycles. The van der Waals surface area contributed by atoms with E-state index in [0.29, 0.717) is 24.9 Å². The van der Waals surface area contributed by atoms with E-state index < -0.39 is 0 Å². The summed E-state index contributed by atoms with van der Waals surface area (Å²) < 4.78 is 10.5. The first kappa shape index (κ1) is 17.5. The molecule has 6 heteroatoms.